The van der Waals surface area contributed by atoms with E-state index < -0.39 is 29.3 Å². The zero-order valence-electron chi connectivity index (χ0n) is 11.4. The third kappa shape index (κ3) is 4.48. The molecule has 1 unspecified atom stereocenters. The Kier molecular flexibility index (Phi) is 5.94. The summed E-state index contributed by atoms with van der Waals surface area (Å²) >= 11 is 0. The Morgan fingerprint density at radius 2 is 1.75 bits per heavy atom. The van der Waals surface area contributed by atoms with Crippen molar-refractivity contribution in [2.75, 3.05) is 6.54 Å². The van der Waals surface area contributed by atoms with Gasteiger partial charge in [0.05, 0.1) is 11.5 Å². The van der Waals surface area contributed by atoms with Crippen LogP contribution in [0.15, 0.2) is 0 Å². The Labute approximate surface area is 117 Å². The number of carbonyl (C=O) groups is 3. The van der Waals surface area contributed by atoms with Crippen LogP contribution in [0.5, 0.6) is 0 Å². The summed E-state index contributed by atoms with van der Waals surface area (Å²) in [6.45, 7) is 0.0575. The zero-order valence-corrected chi connectivity index (χ0v) is 11.4. The lowest BCUT2D eigenvalue weighted by Crippen LogP contribution is -2.48. The first-order chi connectivity index (χ1) is 9.37. The van der Waals surface area contributed by atoms with E-state index in [9.17, 15) is 19.5 Å². The average Bonchev–Trinajstić information content (AvgIpc) is 2.42. The van der Waals surface area contributed by atoms with Crippen LogP contribution in [0.4, 0.5) is 0 Å². The second kappa shape index (κ2) is 7.23. The number of aliphatic carboxylic acids is 2. The van der Waals surface area contributed by atoms with E-state index in [-0.39, 0.29) is 19.4 Å². The summed E-state index contributed by atoms with van der Waals surface area (Å²) in [5.41, 5.74) is 4.68. The van der Waals surface area contributed by atoms with Gasteiger partial charge in [-0.1, -0.05) is 19.3 Å². The standard InChI is InChI=1S/C13H22N2O5/c14-9(4-5-10(16)17)11(18)15-8-13(12(19)20)6-2-1-3-7-13/h9H,1-8,14H2,(H,15,18)(H,16,17)(H,19,20). The van der Waals surface area contributed by atoms with Gasteiger partial charge in [-0.3, -0.25) is 14.4 Å². The van der Waals surface area contributed by atoms with Crippen molar-refractivity contribution < 1.29 is 24.6 Å². The maximum Gasteiger partial charge on any atom is 0.311 e. The first-order valence-electron chi connectivity index (χ1n) is 6.86. The fourth-order valence-corrected chi connectivity index (χ4v) is 2.49. The molecule has 1 rings (SSSR count). The van der Waals surface area contributed by atoms with Crippen LogP contribution >= 0.6 is 0 Å². The Morgan fingerprint density at radius 3 is 2.25 bits per heavy atom. The Hall–Kier alpha value is -1.63. The van der Waals surface area contributed by atoms with Gasteiger partial charge in [0.25, 0.3) is 0 Å². The molecule has 0 aliphatic heterocycles. The monoisotopic (exact) mass is 286 g/mol. The lowest BCUT2D eigenvalue weighted by molar-refractivity contribution is -0.151. The highest BCUT2D eigenvalue weighted by Gasteiger charge is 2.40. The minimum absolute atomic E-state index is 0.0429. The van der Waals surface area contributed by atoms with Gasteiger partial charge in [-0.25, -0.2) is 0 Å². The number of hydrogen-bond donors (Lipinski definition) is 4. The second-order valence-electron chi connectivity index (χ2n) is 5.40. The lowest BCUT2D eigenvalue weighted by Gasteiger charge is -2.33. The van der Waals surface area contributed by atoms with E-state index in [1.807, 2.05) is 0 Å². The van der Waals surface area contributed by atoms with Crippen LogP contribution in [0, 0.1) is 5.41 Å². The SMILES string of the molecule is NC(CCC(=O)O)C(=O)NCC1(C(=O)O)CCCCC1. The van der Waals surface area contributed by atoms with Gasteiger partial charge < -0.3 is 21.3 Å². The van der Waals surface area contributed by atoms with Crippen molar-refractivity contribution in [1.29, 1.82) is 0 Å². The first kappa shape index (κ1) is 16.4. The van der Waals surface area contributed by atoms with Crippen LogP contribution in [0.3, 0.4) is 0 Å². The van der Waals surface area contributed by atoms with E-state index in [0.717, 1.165) is 19.3 Å². The Morgan fingerprint density at radius 1 is 1.15 bits per heavy atom. The normalized spacial score (nSPS) is 19.1. The third-order valence-corrected chi connectivity index (χ3v) is 3.87. The van der Waals surface area contributed by atoms with E-state index in [1.165, 1.54) is 0 Å². The molecule has 7 nitrogen and oxygen atoms in total. The highest BCUT2D eigenvalue weighted by molar-refractivity contribution is 5.83. The van der Waals surface area contributed by atoms with Crippen LogP contribution in [0.25, 0.3) is 0 Å². The van der Waals surface area contributed by atoms with Crippen LogP contribution in [0.2, 0.25) is 0 Å². The van der Waals surface area contributed by atoms with Gasteiger partial charge in [-0.05, 0) is 19.3 Å². The van der Waals surface area contributed by atoms with Crippen molar-refractivity contribution in [1.82, 2.24) is 5.32 Å². The summed E-state index contributed by atoms with van der Waals surface area (Å²) in [6.07, 6.45) is 3.65. The van der Waals surface area contributed by atoms with E-state index in [1.54, 1.807) is 0 Å². The predicted octanol–water partition coefficient (Wildman–Crippen LogP) is 0.330. The lowest BCUT2D eigenvalue weighted by atomic mass is 9.74. The molecule has 0 saturated heterocycles. The second-order valence-corrected chi connectivity index (χ2v) is 5.40. The molecule has 1 fully saturated rings. The summed E-state index contributed by atoms with van der Waals surface area (Å²) in [4.78, 5) is 33.6. The van der Waals surface area contributed by atoms with Gasteiger partial charge >= 0.3 is 11.9 Å². The molecule has 1 amide bonds. The van der Waals surface area contributed by atoms with Crippen LogP contribution in [-0.2, 0) is 14.4 Å². The molecule has 5 N–H and O–H groups in total. The molecule has 7 heteroatoms. The van der Waals surface area contributed by atoms with Gasteiger partial charge in [0.2, 0.25) is 5.91 Å². The average molecular weight is 286 g/mol. The highest BCUT2D eigenvalue weighted by atomic mass is 16.4. The fourth-order valence-electron chi connectivity index (χ4n) is 2.49. The molecule has 1 aliphatic carbocycles. The van der Waals surface area contributed by atoms with Gasteiger partial charge in [-0.15, -0.1) is 0 Å². The summed E-state index contributed by atoms with van der Waals surface area (Å²) in [5, 5.41) is 20.4. The molecule has 0 radical (unpaired) electrons. The molecule has 114 valence electrons. The minimum Gasteiger partial charge on any atom is -0.481 e. The summed E-state index contributed by atoms with van der Waals surface area (Å²) in [6, 6.07) is -0.916. The molecule has 0 aromatic carbocycles. The number of nitrogens with one attached hydrogen (secondary N) is 1. The van der Waals surface area contributed by atoms with Crippen LogP contribution < -0.4 is 11.1 Å². The highest BCUT2D eigenvalue weighted by Crippen LogP contribution is 2.35. The van der Waals surface area contributed by atoms with Crippen molar-refractivity contribution in [3.8, 4) is 0 Å². The molecule has 1 atom stereocenters. The summed E-state index contributed by atoms with van der Waals surface area (Å²) in [7, 11) is 0. The first-order valence-corrected chi connectivity index (χ1v) is 6.86. The largest absolute Gasteiger partial charge is 0.481 e. The molecule has 1 saturated carbocycles. The van der Waals surface area contributed by atoms with Crippen molar-refractivity contribution >= 4 is 17.8 Å². The molecular formula is C13H22N2O5. The zero-order chi connectivity index (χ0) is 15.2. The number of amides is 1. The van der Waals surface area contributed by atoms with E-state index in [0.29, 0.717) is 12.8 Å². The number of hydrogen-bond acceptors (Lipinski definition) is 4. The Balaban J connectivity index is 2.48. The van der Waals surface area contributed by atoms with E-state index in [4.69, 9.17) is 10.8 Å². The van der Waals surface area contributed by atoms with Crippen LogP contribution in [0.1, 0.15) is 44.9 Å². The molecular weight excluding hydrogens is 264 g/mol. The molecule has 0 aromatic rings. The predicted molar refractivity (Wildman–Crippen MR) is 71.0 cm³/mol. The molecule has 0 heterocycles. The number of nitrogens with two attached hydrogens (primary N) is 1. The maximum absolute atomic E-state index is 11.7. The number of carboxylic acids is 2. The van der Waals surface area contributed by atoms with Gasteiger partial charge in [0.15, 0.2) is 0 Å². The van der Waals surface area contributed by atoms with Gasteiger partial charge in [-0.2, -0.15) is 0 Å². The minimum atomic E-state index is -1.01. The van der Waals surface area contributed by atoms with E-state index in [2.05, 4.69) is 5.32 Å². The molecule has 20 heavy (non-hydrogen) atoms. The topological polar surface area (TPSA) is 130 Å². The quantitative estimate of drug-likeness (QED) is 0.533. The van der Waals surface area contributed by atoms with Crippen molar-refractivity contribution in [2.24, 2.45) is 11.1 Å². The summed E-state index contributed by atoms with van der Waals surface area (Å²) in [5.74, 6) is -2.39. The molecule has 0 spiro atoms. The molecule has 1 aliphatic rings. The molecule has 0 bridgehead atoms. The fraction of sp³-hybridized carbons (Fsp3) is 0.769. The van der Waals surface area contributed by atoms with Crippen LogP contribution in [-0.4, -0.2) is 40.6 Å². The smallest absolute Gasteiger partial charge is 0.311 e. The maximum atomic E-state index is 11.7. The van der Waals surface area contributed by atoms with Crippen molar-refractivity contribution in [3.63, 3.8) is 0 Å². The Bertz CT molecular complexity index is 377. The summed E-state index contributed by atoms with van der Waals surface area (Å²) < 4.78 is 0. The number of rotatable bonds is 7. The van der Waals surface area contributed by atoms with Gasteiger partial charge in [0.1, 0.15) is 0 Å². The van der Waals surface area contributed by atoms with Gasteiger partial charge in [0, 0.05) is 13.0 Å². The van der Waals surface area contributed by atoms with Crippen molar-refractivity contribution in [3.05, 3.63) is 0 Å². The van der Waals surface area contributed by atoms with E-state index >= 15 is 0 Å². The number of carbonyl (C=O) groups excluding carboxylic acids is 1. The van der Waals surface area contributed by atoms with Crippen molar-refractivity contribution in [2.45, 2.75) is 51.0 Å². The number of carboxylic acid groups (broad SMARTS) is 2. The third-order valence-electron chi connectivity index (χ3n) is 3.87. The molecule has 0 aromatic heterocycles.